The number of carbonyl (C=O) groups excluding carboxylic acids is 1. The van der Waals surface area contributed by atoms with E-state index in [-0.39, 0.29) is 5.91 Å². The molecule has 0 saturated carbocycles. The molecule has 0 unspecified atom stereocenters. The van der Waals surface area contributed by atoms with Crippen LogP contribution in [-0.4, -0.2) is 51.2 Å². The molecule has 0 radical (unpaired) electrons. The molecule has 5 nitrogen and oxygen atoms in total. The molecule has 0 spiro atoms. The molecule has 2 aromatic rings. The van der Waals surface area contributed by atoms with Crippen molar-refractivity contribution in [2.24, 2.45) is 0 Å². The number of rotatable bonds is 5. The van der Waals surface area contributed by atoms with Gasteiger partial charge in [-0.05, 0) is 50.0 Å². The summed E-state index contributed by atoms with van der Waals surface area (Å²) in [5.41, 5.74) is 3.67. The molecule has 0 bridgehead atoms. The molecule has 1 saturated heterocycles. The molecule has 1 amide bonds. The summed E-state index contributed by atoms with van der Waals surface area (Å²) in [5, 5.41) is 3.06. The smallest absolute Gasteiger partial charge is 0.255 e. The topological polar surface area (TPSA) is 44.8 Å². The van der Waals surface area contributed by atoms with E-state index in [4.69, 9.17) is 4.74 Å². The average molecular weight is 418 g/mol. The van der Waals surface area contributed by atoms with E-state index >= 15 is 0 Å². The highest BCUT2D eigenvalue weighted by Gasteiger charge is 2.17. The molecule has 1 aliphatic heterocycles. The first-order valence-corrected chi connectivity index (χ1v) is 9.49. The van der Waals surface area contributed by atoms with E-state index in [0.717, 1.165) is 35.5 Å². The lowest BCUT2D eigenvalue weighted by Crippen LogP contribution is -2.36. The van der Waals surface area contributed by atoms with Crippen LogP contribution in [0.1, 0.15) is 15.9 Å². The SMILES string of the molecule is CN(C)Cc1ccc(C(=O)Nc2cc(Br)ccc2N2CCOCC2)cc1. The van der Waals surface area contributed by atoms with Gasteiger partial charge in [0.2, 0.25) is 0 Å². The summed E-state index contributed by atoms with van der Waals surface area (Å²) in [7, 11) is 4.06. The van der Waals surface area contributed by atoms with Crippen LogP contribution < -0.4 is 10.2 Å². The predicted octanol–water partition coefficient (Wildman–Crippen LogP) is 3.60. The van der Waals surface area contributed by atoms with Gasteiger partial charge in [0.25, 0.3) is 5.91 Å². The number of anilines is 2. The molecular weight excluding hydrogens is 394 g/mol. The van der Waals surface area contributed by atoms with Crippen molar-refractivity contribution in [3.63, 3.8) is 0 Å². The van der Waals surface area contributed by atoms with Crippen molar-refractivity contribution in [1.29, 1.82) is 0 Å². The second-order valence-corrected chi connectivity index (χ2v) is 7.57. The molecular formula is C20H24BrN3O2. The number of nitrogens with one attached hydrogen (secondary N) is 1. The monoisotopic (exact) mass is 417 g/mol. The average Bonchev–Trinajstić information content (AvgIpc) is 2.62. The fraction of sp³-hybridized carbons (Fsp3) is 0.350. The normalized spacial score (nSPS) is 14.5. The molecule has 0 aliphatic carbocycles. The molecule has 138 valence electrons. The molecule has 2 aromatic carbocycles. The minimum atomic E-state index is -0.103. The molecule has 1 aliphatic rings. The standard InChI is InChI=1S/C20H24BrN3O2/c1-23(2)14-15-3-5-16(6-4-15)20(25)22-18-13-17(21)7-8-19(18)24-9-11-26-12-10-24/h3-8,13H,9-12,14H2,1-2H3,(H,22,25). The Morgan fingerprint density at radius 1 is 1.15 bits per heavy atom. The van der Waals surface area contributed by atoms with Gasteiger partial charge in [-0.2, -0.15) is 0 Å². The Morgan fingerprint density at radius 2 is 1.85 bits per heavy atom. The summed E-state index contributed by atoms with van der Waals surface area (Å²) >= 11 is 3.50. The van der Waals surface area contributed by atoms with E-state index in [1.165, 1.54) is 5.56 Å². The van der Waals surface area contributed by atoms with E-state index in [9.17, 15) is 4.79 Å². The Labute approximate surface area is 163 Å². The zero-order valence-corrected chi connectivity index (χ0v) is 16.8. The van der Waals surface area contributed by atoms with Crippen LogP contribution in [0.25, 0.3) is 0 Å². The van der Waals surface area contributed by atoms with Crippen LogP contribution in [0.2, 0.25) is 0 Å². The molecule has 1 N–H and O–H groups in total. The quantitative estimate of drug-likeness (QED) is 0.806. The number of ether oxygens (including phenoxy) is 1. The van der Waals surface area contributed by atoms with Crippen molar-refractivity contribution < 1.29 is 9.53 Å². The van der Waals surface area contributed by atoms with Crippen molar-refractivity contribution in [3.8, 4) is 0 Å². The molecule has 0 atom stereocenters. The Bertz CT molecular complexity index is 756. The van der Waals surface area contributed by atoms with E-state index in [1.807, 2.05) is 56.6 Å². The van der Waals surface area contributed by atoms with Crippen molar-refractivity contribution in [2.45, 2.75) is 6.54 Å². The van der Waals surface area contributed by atoms with Gasteiger partial charge in [-0.3, -0.25) is 4.79 Å². The first-order chi connectivity index (χ1) is 12.5. The van der Waals surface area contributed by atoms with Crippen molar-refractivity contribution in [1.82, 2.24) is 4.90 Å². The van der Waals surface area contributed by atoms with Gasteiger partial charge in [-0.15, -0.1) is 0 Å². The number of halogens is 1. The summed E-state index contributed by atoms with van der Waals surface area (Å²) in [6, 6.07) is 13.7. The number of nitrogens with zero attached hydrogens (tertiary/aromatic N) is 2. The third kappa shape index (κ3) is 4.84. The lowest BCUT2D eigenvalue weighted by Gasteiger charge is -2.30. The Kier molecular flexibility index (Phi) is 6.29. The largest absolute Gasteiger partial charge is 0.378 e. The Morgan fingerprint density at radius 3 is 2.50 bits per heavy atom. The van der Waals surface area contributed by atoms with Crippen LogP contribution in [0.5, 0.6) is 0 Å². The van der Waals surface area contributed by atoms with Crippen LogP contribution in [-0.2, 0) is 11.3 Å². The molecule has 1 fully saturated rings. The lowest BCUT2D eigenvalue weighted by atomic mass is 10.1. The summed E-state index contributed by atoms with van der Waals surface area (Å²) in [4.78, 5) is 17.1. The maximum absolute atomic E-state index is 12.7. The van der Waals surface area contributed by atoms with Gasteiger partial charge in [-0.1, -0.05) is 28.1 Å². The second kappa shape index (κ2) is 8.66. The molecule has 0 aromatic heterocycles. The van der Waals surface area contributed by atoms with Crippen LogP contribution in [0.3, 0.4) is 0 Å². The van der Waals surface area contributed by atoms with Gasteiger partial charge in [0.15, 0.2) is 0 Å². The van der Waals surface area contributed by atoms with Crippen LogP contribution in [0.4, 0.5) is 11.4 Å². The van der Waals surface area contributed by atoms with Crippen molar-refractivity contribution >= 4 is 33.2 Å². The van der Waals surface area contributed by atoms with Crippen LogP contribution in [0.15, 0.2) is 46.9 Å². The van der Waals surface area contributed by atoms with Crippen molar-refractivity contribution in [2.75, 3.05) is 50.6 Å². The van der Waals surface area contributed by atoms with Gasteiger partial charge in [0.05, 0.1) is 24.6 Å². The van der Waals surface area contributed by atoms with Crippen molar-refractivity contribution in [3.05, 3.63) is 58.1 Å². The summed E-state index contributed by atoms with van der Waals surface area (Å²) < 4.78 is 6.37. The first-order valence-electron chi connectivity index (χ1n) is 8.70. The maximum atomic E-state index is 12.7. The minimum Gasteiger partial charge on any atom is -0.378 e. The zero-order valence-electron chi connectivity index (χ0n) is 15.2. The zero-order chi connectivity index (χ0) is 18.5. The number of hydrogen-bond acceptors (Lipinski definition) is 4. The summed E-state index contributed by atoms with van der Waals surface area (Å²) in [6.45, 7) is 3.91. The van der Waals surface area contributed by atoms with Crippen LogP contribution in [0, 0.1) is 0 Å². The molecule has 1 heterocycles. The third-order valence-corrected chi connectivity index (χ3v) is 4.77. The molecule has 26 heavy (non-hydrogen) atoms. The highest BCUT2D eigenvalue weighted by Crippen LogP contribution is 2.30. The van der Waals surface area contributed by atoms with Crippen LogP contribution >= 0.6 is 15.9 Å². The highest BCUT2D eigenvalue weighted by atomic mass is 79.9. The third-order valence-electron chi connectivity index (χ3n) is 4.27. The van der Waals surface area contributed by atoms with E-state index < -0.39 is 0 Å². The van der Waals surface area contributed by atoms with E-state index in [0.29, 0.717) is 18.8 Å². The van der Waals surface area contributed by atoms with Gasteiger partial charge >= 0.3 is 0 Å². The maximum Gasteiger partial charge on any atom is 0.255 e. The fourth-order valence-corrected chi connectivity index (χ4v) is 3.37. The van der Waals surface area contributed by atoms with Gasteiger partial charge in [-0.25, -0.2) is 0 Å². The van der Waals surface area contributed by atoms with E-state index in [1.54, 1.807) is 0 Å². The highest BCUT2D eigenvalue weighted by molar-refractivity contribution is 9.10. The summed E-state index contributed by atoms with van der Waals surface area (Å²) in [5.74, 6) is -0.103. The Hall–Kier alpha value is -1.89. The predicted molar refractivity (Wildman–Crippen MR) is 109 cm³/mol. The first kappa shape index (κ1) is 18.9. The number of amides is 1. The second-order valence-electron chi connectivity index (χ2n) is 6.65. The molecule has 6 heteroatoms. The number of morpholine rings is 1. The van der Waals surface area contributed by atoms with Gasteiger partial charge in [0, 0.05) is 29.7 Å². The number of benzene rings is 2. The van der Waals surface area contributed by atoms with E-state index in [2.05, 4.69) is 31.0 Å². The summed E-state index contributed by atoms with van der Waals surface area (Å²) in [6.07, 6.45) is 0. The fourth-order valence-electron chi connectivity index (χ4n) is 3.01. The number of carbonyl (C=O) groups is 1. The van der Waals surface area contributed by atoms with Gasteiger partial charge < -0.3 is 19.9 Å². The molecule has 3 rings (SSSR count). The Balaban J connectivity index is 1.77. The minimum absolute atomic E-state index is 0.103. The lowest BCUT2D eigenvalue weighted by molar-refractivity contribution is 0.102. The van der Waals surface area contributed by atoms with Gasteiger partial charge in [0.1, 0.15) is 0 Å². The number of hydrogen-bond donors (Lipinski definition) is 1.